The standard InChI is InChI=1S/C14H11F3N2O2/c15-8-21-19-14(10-2-3-11(16)12(17)5-10)13-4-1-9(7-20)6-18-13/h1-6,20H,7-8H2/b19-14+. The van der Waals surface area contributed by atoms with Crippen molar-refractivity contribution in [2.24, 2.45) is 5.16 Å². The maximum Gasteiger partial charge on any atom is 0.255 e. The molecule has 21 heavy (non-hydrogen) atoms. The van der Waals surface area contributed by atoms with Crippen LogP contribution in [0.5, 0.6) is 0 Å². The van der Waals surface area contributed by atoms with E-state index in [1.807, 2.05) is 0 Å². The van der Waals surface area contributed by atoms with Gasteiger partial charge in [-0.2, -0.15) is 0 Å². The largest absolute Gasteiger partial charge is 0.392 e. The zero-order chi connectivity index (χ0) is 15.2. The molecule has 110 valence electrons. The van der Waals surface area contributed by atoms with Gasteiger partial charge in [0.1, 0.15) is 5.71 Å². The summed E-state index contributed by atoms with van der Waals surface area (Å²) >= 11 is 0. The average Bonchev–Trinajstić information content (AvgIpc) is 2.51. The Morgan fingerprint density at radius 3 is 2.57 bits per heavy atom. The summed E-state index contributed by atoms with van der Waals surface area (Å²) in [6.45, 7) is -1.35. The zero-order valence-corrected chi connectivity index (χ0v) is 10.8. The lowest BCUT2D eigenvalue weighted by molar-refractivity contribution is 0.0637. The van der Waals surface area contributed by atoms with Crippen LogP contribution in [0.25, 0.3) is 0 Å². The molecule has 0 unspecified atom stereocenters. The van der Waals surface area contributed by atoms with E-state index in [0.717, 1.165) is 12.1 Å². The molecule has 0 amide bonds. The highest BCUT2D eigenvalue weighted by molar-refractivity contribution is 6.11. The molecular weight excluding hydrogens is 285 g/mol. The van der Waals surface area contributed by atoms with E-state index in [0.29, 0.717) is 5.56 Å². The smallest absolute Gasteiger partial charge is 0.255 e. The van der Waals surface area contributed by atoms with Crippen LogP contribution in [0.2, 0.25) is 0 Å². The Balaban J connectivity index is 2.44. The molecule has 2 rings (SSSR count). The minimum atomic E-state index is -1.16. The Morgan fingerprint density at radius 1 is 1.19 bits per heavy atom. The topological polar surface area (TPSA) is 54.7 Å². The first-order valence-corrected chi connectivity index (χ1v) is 5.93. The maximum absolute atomic E-state index is 13.3. The molecule has 0 aliphatic rings. The molecule has 0 aliphatic carbocycles. The van der Waals surface area contributed by atoms with Crippen molar-refractivity contribution in [2.75, 3.05) is 6.86 Å². The van der Waals surface area contributed by atoms with E-state index in [-0.39, 0.29) is 23.6 Å². The lowest BCUT2D eigenvalue weighted by Gasteiger charge is -2.07. The van der Waals surface area contributed by atoms with Gasteiger partial charge in [0, 0.05) is 11.8 Å². The number of hydrogen-bond acceptors (Lipinski definition) is 4. The van der Waals surface area contributed by atoms with Gasteiger partial charge in [-0.25, -0.2) is 13.2 Å². The maximum atomic E-state index is 13.3. The highest BCUT2D eigenvalue weighted by Gasteiger charge is 2.13. The quantitative estimate of drug-likeness (QED) is 0.681. The molecule has 4 nitrogen and oxygen atoms in total. The number of aliphatic hydroxyl groups excluding tert-OH is 1. The van der Waals surface area contributed by atoms with Gasteiger partial charge in [0.05, 0.1) is 12.3 Å². The van der Waals surface area contributed by atoms with Crippen LogP contribution >= 0.6 is 0 Å². The molecule has 1 N–H and O–H groups in total. The second-order valence-electron chi connectivity index (χ2n) is 4.02. The number of aromatic nitrogens is 1. The van der Waals surface area contributed by atoms with Gasteiger partial charge in [0.15, 0.2) is 11.6 Å². The molecule has 0 spiro atoms. The second kappa shape index (κ2) is 6.85. The highest BCUT2D eigenvalue weighted by Crippen LogP contribution is 2.14. The summed E-state index contributed by atoms with van der Waals surface area (Å²) in [5.41, 5.74) is 1.07. The molecule has 0 bridgehead atoms. The zero-order valence-electron chi connectivity index (χ0n) is 10.8. The predicted molar refractivity (Wildman–Crippen MR) is 69.2 cm³/mol. The van der Waals surface area contributed by atoms with E-state index >= 15 is 0 Å². The molecule has 0 saturated heterocycles. The third-order valence-electron chi connectivity index (χ3n) is 2.65. The van der Waals surface area contributed by atoms with Gasteiger partial charge in [-0.1, -0.05) is 11.2 Å². The number of benzene rings is 1. The summed E-state index contributed by atoms with van der Waals surface area (Å²) in [6, 6.07) is 6.20. The van der Waals surface area contributed by atoms with Crippen LogP contribution in [-0.2, 0) is 11.4 Å². The van der Waals surface area contributed by atoms with E-state index in [4.69, 9.17) is 5.11 Å². The lowest BCUT2D eigenvalue weighted by atomic mass is 10.1. The number of nitrogens with zero attached hydrogens (tertiary/aromatic N) is 2. The lowest BCUT2D eigenvalue weighted by Crippen LogP contribution is -2.08. The summed E-state index contributed by atoms with van der Waals surface area (Å²) in [5, 5.41) is 12.5. The fourth-order valence-corrected chi connectivity index (χ4v) is 1.64. The minimum absolute atomic E-state index is 0.0519. The van der Waals surface area contributed by atoms with Crippen molar-refractivity contribution in [3.63, 3.8) is 0 Å². The van der Waals surface area contributed by atoms with E-state index < -0.39 is 18.5 Å². The Kier molecular flexibility index (Phi) is 4.89. The van der Waals surface area contributed by atoms with E-state index in [1.165, 1.54) is 18.3 Å². The third kappa shape index (κ3) is 3.57. The van der Waals surface area contributed by atoms with Crippen molar-refractivity contribution < 1.29 is 23.1 Å². The van der Waals surface area contributed by atoms with Crippen LogP contribution < -0.4 is 0 Å². The molecular formula is C14H11F3N2O2. The number of hydrogen-bond donors (Lipinski definition) is 1. The van der Waals surface area contributed by atoms with E-state index in [2.05, 4.69) is 15.0 Å². The molecule has 2 aromatic rings. The summed E-state index contributed by atoms with van der Waals surface area (Å²) < 4.78 is 38.4. The summed E-state index contributed by atoms with van der Waals surface area (Å²) in [4.78, 5) is 8.37. The molecule has 1 aromatic carbocycles. The summed E-state index contributed by atoms with van der Waals surface area (Å²) in [6.07, 6.45) is 1.39. The van der Waals surface area contributed by atoms with Gasteiger partial charge < -0.3 is 9.94 Å². The van der Waals surface area contributed by atoms with Crippen molar-refractivity contribution in [3.8, 4) is 0 Å². The Hall–Kier alpha value is -2.41. The fraction of sp³-hybridized carbons (Fsp3) is 0.143. The fourth-order valence-electron chi connectivity index (χ4n) is 1.64. The number of oxime groups is 1. The molecule has 0 saturated carbocycles. The Morgan fingerprint density at radius 2 is 2.00 bits per heavy atom. The summed E-state index contributed by atoms with van der Waals surface area (Å²) in [7, 11) is 0. The summed E-state index contributed by atoms with van der Waals surface area (Å²) in [5.74, 6) is -2.07. The van der Waals surface area contributed by atoms with Gasteiger partial charge in [0.25, 0.3) is 6.86 Å². The van der Waals surface area contributed by atoms with Gasteiger partial charge in [-0.15, -0.1) is 0 Å². The first-order valence-electron chi connectivity index (χ1n) is 5.93. The first-order chi connectivity index (χ1) is 10.2. The number of rotatable bonds is 5. The van der Waals surface area contributed by atoms with Crippen LogP contribution in [0, 0.1) is 11.6 Å². The predicted octanol–water partition coefficient (Wildman–Crippen LogP) is 2.55. The number of pyridine rings is 1. The average molecular weight is 296 g/mol. The van der Waals surface area contributed by atoms with Crippen molar-refractivity contribution in [2.45, 2.75) is 6.61 Å². The van der Waals surface area contributed by atoms with Crippen molar-refractivity contribution in [1.29, 1.82) is 0 Å². The molecule has 7 heteroatoms. The van der Waals surface area contributed by atoms with Crippen LogP contribution in [0.1, 0.15) is 16.8 Å². The Bertz CT molecular complexity index is 645. The number of aliphatic hydroxyl groups is 1. The third-order valence-corrected chi connectivity index (χ3v) is 2.65. The van der Waals surface area contributed by atoms with Crippen LogP contribution in [0.4, 0.5) is 13.2 Å². The normalized spacial score (nSPS) is 11.5. The van der Waals surface area contributed by atoms with Crippen LogP contribution in [0.15, 0.2) is 41.7 Å². The van der Waals surface area contributed by atoms with Crippen molar-refractivity contribution in [1.82, 2.24) is 4.98 Å². The van der Waals surface area contributed by atoms with Crippen molar-refractivity contribution in [3.05, 3.63) is 65.0 Å². The molecule has 0 atom stereocenters. The number of halogens is 3. The van der Waals surface area contributed by atoms with Gasteiger partial charge >= 0.3 is 0 Å². The monoisotopic (exact) mass is 296 g/mol. The first kappa shape index (κ1) is 15.0. The highest BCUT2D eigenvalue weighted by atomic mass is 19.2. The van der Waals surface area contributed by atoms with Gasteiger partial charge in [-0.3, -0.25) is 4.98 Å². The molecule has 1 heterocycles. The molecule has 1 aromatic heterocycles. The van der Waals surface area contributed by atoms with E-state index in [9.17, 15) is 13.2 Å². The molecule has 0 radical (unpaired) electrons. The van der Waals surface area contributed by atoms with Crippen LogP contribution in [0.3, 0.4) is 0 Å². The second-order valence-corrected chi connectivity index (χ2v) is 4.02. The van der Waals surface area contributed by atoms with E-state index in [1.54, 1.807) is 6.07 Å². The van der Waals surface area contributed by atoms with Gasteiger partial charge in [0.2, 0.25) is 0 Å². The van der Waals surface area contributed by atoms with Crippen LogP contribution in [-0.4, -0.2) is 22.7 Å². The Labute approximate surface area is 118 Å². The van der Waals surface area contributed by atoms with Crippen molar-refractivity contribution >= 4 is 5.71 Å². The molecule has 0 fully saturated rings. The SMILES string of the molecule is OCc1ccc(/C(=N/OCF)c2ccc(F)c(F)c2)nc1. The minimum Gasteiger partial charge on any atom is -0.392 e. The number of alkyl halides is 1. The van der Waals surface area contributed by atoms with Gasteiger partial charge in [-0.05, 0) is 29.8 Å². The molecule has 0 aliphatic heterocycles.